The van der Waals surface area contributed by atoms with Crippen LogP contribution in [0.4, 0.5) is 5.69 Å². The van der Waals surface area contributed by atoms with Crippen LogP contribution in [0, 0.1) is 0 Å². The molecule has 7 nitrogen and oxygen atoms in total. The van der Waals surface area contributed by atoms with E-state index in [0.717, 1.165) is 17.4 Å². The number of carbonyl (C=O) groups is 2. The van der Waals surface area contributed by atoms with Crippen LogP contribution in [0.3, 0.4) is 0 Å². The van der Waals surface area contributed by atoms with Crippen molar-refractivity contribution in [2.45, 2.75) is 31.8 Å². The molecule has 0 spiro atoms. The van der Waals surface area contributed by atoms with Crippen molar-refractivity contribution < 1.29 is 18.0 Å². The van der Waals surface area contributed by atoms with Gasteiger partial charge in [0.2, 0.25) is 21.8 Å². The lowest BCUT2D eigenvalue weighted by molar-refractivity contribution is -0.141. The molecule has 0 aromatic heterocycles. The topological polar surface area (TPSA) is 86.8 Å². The van der Waals surface area contributed by atoms with Gasteiger partial charge in [-0.05, 0) is 41.8 Å². The van der Waals surface area contributed by atoms with Crippen LogP contribution in [0.15, 0.2) is 84.9 Å². The summed E-state index contributed by atoms with van der Waals surface area (Å²) in [6.07, 6.45) is 1.85. The standard InChI is InChI=1S/C28H32ClN3O4S/c1-30-28(34)26(20-22-11-5-3-6-12-22)31(21-23-13-9-14-24(29)19-23)27(33)17-10-18-32(37(2,35)36)25-15-7-4-8-16-25/h3-9,11-16,19,26H,10,17-18,20-21H2,1-2H3,(H,30,34). The molecule has 0 aliphatic rings. The van der Waals surface area contributed by atoms with Gasteiger partial charge in [0.15, 0.2) is 0 Å². The maximum atomic E-state index is 13.6. The van der Waals surface area contributed by atoms with Gasteiger partial charge >= 0.3 is 0 Å². The van der Waals surface area contributed by atoms with E-state index in [1.54, 1.807) is 54.4 Å². The molecule has 196 valence electrons. The highest BCUT2D eigenvalue weighted by Crippen LogP contribution is 2.20. The Bertz CT molecular complexity index is 1290. The molecular weight excluding hydrogens is 510 g/mol. The summed E-state index contributed by atoms with van der Waals surface area (Å²) in [5, 5.41) is 3.23. The summed E-state index contributed by atoms with van der Waals surface area (Å²) in [6, 6.07) is 24.7. The van der Waals surface area contributed by atoms with Gasteiger partial charge in [-0.2, -0.15) is 0 Å². The van der Waals surface area contributed by atoms with E-state index in [1.807, 2.05) is 42.5 Å². The predicted octanol–water partition coefficient (Wildman–Crippen LogP) is 4.27. The Balaban J connectivity index is 1.83. The van der Waals surface area contributed by atoms with Crippen molar-refractivity contribution in [1.82, 2.24) is 10.2 Å². The van der Waals surface area contributed by atoms with Gasteiger partial charge in [-0.15, -0.1) is 0 Å². The van der Waals surface area contributed by atoms with E-state index in [4.69, 9.17) is 11.6 Å². The second-order valence-corrected chi connectivity index (χ2v) is 11.1. The van der Waals surface area contributed by atoms with E-state index < -0.39 is 16.1 Å². The van der Waals surface area contributed by atoms with E-state index in [1.165, 1.54) is 4.31 Å². The lowest BCUT2D eigenvalue weighted by atomic mass is 10.0. The fourth-order valence-corrected chi connectivity index (χ4v) is 5.33. The zero-order valence-electron chi connectivity index (χ0n) is 21.0. The van der Waals surface area contributed by atoms with E-state index in [-0.39, 0.29) is 31.3 Å². The minimum absolute atomic E-state index is 0.0711. The first-order valence-corrected chi connectivity index (χ1v) is 14.2. The Hall–Kier alpha value is -3.36. The molecule has 0 fully saturated rings. The number of anilines is 1. The summed E-state index contributed by atoms with van der Waals surface area (Å²) >= 11 is 6.18. The number of hydrogen-bond acceptors (Lipinski definition) is 4. The van der Waals surface area contributed by atoms with E-state index >= 15 is 0 Å². The highest BCUT2D eigenvalue weighted by molar-refractivity contribution is 7.92. The second kappa shape index (κ2) is 13.3. The highest BCUT2D eigenvalue weighted by Gasteiger charge is 2.30. The Morgan fingerprint density at radius 2 is 1.54 bits per heavy atom. The zero-order valence-corrected chi connectivity index (χ0v) is 22.6. The van der Waals surface area contributed by atoms with Gasteiger partial charge in [-0.1, -0.05) is 72.3 Å². The van der Waals surface area contributed by atoms with Gasteiger partial charge < -0.3 is 10.2 Å². The van der Waals surface area contributed by atoms with E-state index in [0.29, 0.717) is 23.6 Å². The molecular formula is C28H32ClN3O4S. The van der Waals surface area contributed by atoms with Gasteiger partial charge in [0.25, 0.3) is 0 Å². The summed E-state index contributed by atoms with van der Waals surface area (Å²) in [7, 11) is -1.99. The average Bonchev–Trinajstić information content (AvgIpc) is 2.88. The summed E-state index contributed by atoms with van der Waals surface area (Å²) in [5.41, 5.74) is 2.26. The Morgan fingerprint density at radius 1 is 0.919 bits per heavy atom. The monoisotopic (exact) mass is 541 g/mol. The number of nitrogens with zero attached hydrogens (tertiary/aromatic N) is 2. The van der Waals surface area contributed by atoms with Crippen molar-refractivity contribution in [2.75, 3.05) is 24.2 Å². The van der Waals surface area contributed by atoms with Crippen LogP contribution in [0.1, 0.15) is 24.0 Å². The van der Waals surface area contributed by atoms with Gasteiger partial charge in [0, 0.05) is 38.0 Å². The molecule has 0 heterocycles. The van der Waals surface area contributed by atoms with Crippen molar-refractivity contribution in [3.05, 3.63) is 101 Å². The predicted molar refractivity (Wildman–Crippen MR) is 148 cm³/mol. The largest absolute Gasteiger partial charge is 0.357 e. The molecule has 0 bridgehead atoms. The third-order valence-corrected chi connectivity index (χ3v) is 7.38. The van der Waals surface area contributed by atoms with Crippen molar-refractivity contribution in [1.29, 1.82) is 0 Å². The second-order valence-electron chi connectivity index (χ2n) is 8.75. The molecule has 0 radical (unpaired) electrons. The number of halogens is 1. The van der Waals surface area contributed by atoms with Gasteiger partial charge in [-0.3, -0.25) is 13.9 Å². The smallest absolute Gasteiger partial charge is 0.242 e. The molecule has 1 unspecified atom stereocenters. The average molecular weight is 542 g/mol. The number of amides is 2. The first kappa shape index (κ1) is 28.2. The third kappa shape index (κ3) is 8.33. The molecule has 9 heteroatoms. The number of benzene rings is 3. The zero-order chi connectivity index (χ0) is 26.8. The van der Waals surface area contributed by atoms with Crippen molar-refractivity contribution >= 4 is 39.1 Å². The molecule has 3 aromatic carbocycles. The normalized spacial score (nSPS) is 12.0. The number of para-hydroxylation sites is 1. The van der Waals surface area contributed by atoms with Crippen LogP contribution in [-0.2, 0) is 32.6 Å². The van der Waals surface area contributed by atoms with Crippen molar-refractivity contribution in [2.24, 2.45) is 0 Å². The Kier molecular flexibility index (Phi) is 10.1. The SMILES string of the molecule is CNC(=O)C(Cc1ccccc1)N(Cc1cccc(Cl)c1)C(=O)CCCN(c1ccccc1)S(C)(=O)=O. The number of sulfonamides is 1. The van der Waals surface area contributed by atoms with E-state index in [9.17, 15) is 18.0 Å². The minimum Gasteiger partial charge on any atom is -0.357 e. The van der Waals surface area contributed by atoms with Crippen molar-refractivity contribution in [3.8, 4) is 0 Å². The number of hydrogen-bond donors (Lipinski definition) is 1. The van der Waals surface area contributed by atoms with Crippen LogP contribution < -0.4 is 9.62 Å². The van der Waals surface area contributed by atoms with Crippen molar-refractivity contribution in [3.63, 3.8) is 0 Å². The van der Waals surface area contributed by atoms with Crippen LogP contribution in [0.2, 0.25) is 5.02 Å². The number of carbonyl (C=O) groups excluding carboxylic acids is 2. The molecule has 1 N–H and O–H groups in total. The van der Waals surface area contributed by atoms with Gasteiger partial charge in [0.1, 0.15) is 6.04 Å². The minimum atomic E-state index is -3.53. The quantitative estimate of drug-likeness (QED) is 0.371. The van der Waals surface area contributed by atoms with Gasteiger partial charge in [-0.25, -0.2) is 8.42 Å². The van der Waals surface area contributed by atoms with Crippen LogP contribution in [0.25, 0.3) is 0 Å². The maximum absolute atomic E-state index is 13.6. The Labute approximate surface area is 224 Å². The van der Waals surface area contributed by atoms with Crippen LogP contribution in [0.5, 0.6) is 0 Å². The molecule has 1 atom stereocenters. The molecule has 0 saturated heterocycles. The van der Waals surface area contributed by atoms with Gasteiger partial charge in [0.05, 0.1) is 11.9 Å². The molecule has 0 aliphatic heterocycles. The lowest BCUT2D eigenvalue weighted by Crippen LogP contribution is -2.49. The molecule has 3 aromatic rings. The molecule has 0 aliphatic carbocycles. The molecule has 3 rings (SSSR count). The number of likely N-dealkylation sites (N-methyl/N-ethyl adjacent to an activating group) is 1. The number of nitrogens with one attached hydrogen (secondary N) is 1. The fraction of sp³-hybridized carbons (Fsp3) is 0.286. The number of rotatable bonds is 12. The van der Waals surface area contributed by atoms with E-state index in [2.05, 4.69) is 5.32 Å². The molecule has 2 amide bonds. The molecule has 37 heavy (non-hydrogen) atoms. The lowest BCUT2D eigenvalue weighted by Gasteiger charge is -2.31. The van der Waals surface area contributed by atoms with Crippen LogP contribution >= 0.6 is 11.6 Å². The molecule has 0 saturated carbocycles. The third-order valence-electron chi connectivity index (χ3n) is 5.96. The summed E-state index contributed by atoms with van der Waals surface area (Å²) in [5.74, 6) is -0.521. The van der Waals surface area contributed by atoms with Crippen LogP contribution in [-0.4, -0.2) is 51.0 Å². The summed E-state index contributed by atoms with van der Waals surface area (Å²) in [4.78, 5) is 28.2. The Morgan fingerprint density at radius 3 is 2.14 bits per heavy atom. The highest BCUT2D eigenvalue weighted by atomic mass is 35.5. The summed E-state index contributed by atoms with van der Waals surface area (Å²) < 4.78 is 26.1. The maximum Gasteiger partial charge on any atom is 0.242 e. The first-order chi connectivity index (χ1) is 17.7. The summed E-state index contributed by atoms with van der Waals surface area (Å²) in [6.45, 7) is 0.335. The fourth-order valence-electron chi connectivity index (χ4n) is 4.15. The first-order valence-electron chi connectivity index (χ1n) is 12.0.